The number of anilines is 3. The first kappa shape index (κ1) is 18.5. The summed E-state index contributed by atoms with van der Waals surface area (Å²) in [6.07, 6.45) is 0.406. The average Bonchev–Trinajstić information content (AvgIpc) is 2.65. The maximum absolute atomic E-state index is 12.1. The van der Waals surface area contributed by atoms with E-state index in [1.807, 2.05) is 36.4 Å². The van der Waals surface area contributed by atoms with Crippen LogP contribution in [0.3, 0.4) is 0 Å². The molecule has 0 aliphatic carbocycles. The molecule has 1 aliphatic rings. The number of carbonyl (C=O) groups excluding carboxylic acids is 1. The van der Waals surface area contributed by atoms with Gasteiger partial charge in [0.05, 0.1) is 0 Å². The van der Waals surface area contributed by atoms with Crippen LogP contribution in [0.4, 0.5) is 17.1 Å². The van der Waals surface area contributed by atoms with Gasteiger partial charge in [0.25, 0.3) is 0 Å². The summed E-state index contributed by atoms with van der Waals surface area (Å²) in [7, 11) is 2.15. The molecule has 0 radical (unpaired) electrons. The number of nitrogens with zero attached hydrogens (tertiary/aromatic N) is 2. The molecule has 2 aromatic carbocycles. The third kappa shape index (κ3) is 5.38. The molecule has 0 atom stereocenters. The molecule has 138 valence electrons. The van der Waals surface area contributed by atoms with Crippen LogP contribution in [0.1, 0.15) is 6.42 Å². The number of rotatable bonds is 6. The van der Waals surface area contributed by atoms with Crippen molar-refractivity contribution in [2.24, 2.45) is 0 Å². The molecule has 1 amide bonds. The van der Waals surface area contributed by atoms with Crippen molar-refractivity contribution in [3.8, 4) is 0 Å². The van der Waals surface area contributed by atoms with Gasteiger partial charge in [-0.3, -0.25) is 4.79 Å². The maximum atomic E-state index is 12.1. The summed E-state index contributed by atoms with van der Waals surface area (Å²) in [5, 5.41) is 6.86. The lowest BCUT2D eigenvalue weighted by molar-refractivity contribution is -0.115. The van der Waals surface area contributed by atoms with E-state index in [2.05, 4.69) is 39.6 Å². The Kier molecular flexibility index (Phi) is 6.36. The van der Waals surface area contributed by atoms with E-state index in [4.69, 9.17) is 11.6 Å². The summed E-state index contributed by atoms with van der Waals surface area (Å²) in [5.41, 5.74) is 3.00. The molecular formula is C20H25ClN4O. The molecule has 0 aromatic heterocycles. The predicted octanol–water partition coefficient (Wildman–Crippen LogP) is 3.53. The standard InChI is InChI=1S/C20H25ClN4O/c1-24-12-14-25(15-13-24)19-8-6-18(7-9-19)23-20(26)10-11-22-17-4-2-16(21)3-5-17/h2-9,22H,10-15H2,1H3,(H,23,26). The van der Waals surface area contributed by atoms with E-state index in [9.17, 15) is 4.79 Å². The van der Waals surface area contributed by atoms with Crippen LogP contribution in [0.25, 0.3) is 0 Å². The minimum atomic E-state index is -0.00110. The first-order valence-electron chi connectivity index (χ1n) is 8.93. The van der Waals surface area contributed by atoms with Gasteiger partial charge in [0.1, 0.15) is 0 Å². The highest BCUT2D eigenvalue weighted by Crippen LogP contribution is 2.19. The van der Waals surface area contributed by atoms with Crippen molar-refractivity contribution >= 4 is 34.6 Å². The third-order valence-corrected chi connectivity index (χ3v) is 4.80. The quantitative estimate of drug-likeness (QED) is 0.814. The largest absolute Gasteiger partial charge is 0.385 e. The second-order valence-corrected chi connectivity index (χ2v) is 7.01. The topological polar surface area (TPSA) is 47.6 Å². The Bertz CT molecular complexity index is 710. The van der Waals surface area contributed by atoms with Gasteiger partial charge in [0, 0.05) is 61.2 Å². The molecule has 1 saturated heterocycles. The zero-order chi connectivity index (χ0) is 18.4. The number of hydrogen-bond acceptors (Lipinski definition) is 4. The van der Waals surface area contributed by atoms with Crippen LogP contribution in [0.15, 0.2) is 48.5 Å². The van der Waals surface area contributed by atoms with Gasteiger partial charge in [-0.25, -0.2) is 0 Å². The third-order valence-electron chi connectivity index (χ3n) is 4.54. The SMILES string of the molecule is CN1CCN(c2ccc(NC(=O)CCNc3ccc(Cl)cc3)cc2)CC1. The molecule has 26 heavy (non-hydrogen) atoms. The Hall–Kier alpha value is -2.24. The molecule has 0 bridgehead atoms. The number of halogens is 1. The lowest BCUT2D eigenvalue weighted by atomic mass is 10.2. The van der Waals surface area contributed by atoms with E-state index in [-0.39, 0.29) is 5.91 Å². The van der Waals surface area contributed by atoms with Crippen molar-refractivity contribution in [1.29, 1.82) is 0 Å². The van der Waals surface area contributed by atoms with Crippen molar-refractivity contribution in [3.05, 3.63) is 53.6 Å². The minimum absolute atomic E-state index is 0.00110. The number of piperazine rings is 1. The van der Waals surface area contributed by atoms with E-state index in [1.54, 1.807) is 0 Å². The lowest BCUT2D eigenvalue weighted by Crippen LogP contribution is -2.44. The van der Waals surface area contributed by atoms with E-state index in [0.29, 0.717) is 18.0 Å². The summed E-state index contributed by atoms with van der Waals surface area (Å²) < 4.78 is 0. The van der Waals surface area contributed by atoms with Gasteiger partial charge in [-0.2, -0.15) is 0 Å². The fourth-order valence-electron chi connectivity index (χ4n) is 2.93. The molecule has 5 nitrogen and oxygen atoms in total. The smallest absolute Gasteiger partial charge is 0.226 e. The Morgan fingerprint density at radius 3 is 2.23 bits per heavy atom. The highest BCUT2D eigenvalue weighted by molar-refractivity contribution is 6.30. The number of likely N-dealkylation sites (N-methyl/N-ethyl adjacent to an activating group) is 1. The molecule has 3 rings (SSSR count). The van der Waals surface area contributed by atoms with Gasteiger partial charge in [-0.05, 0) is 55.6 Å². The lowest BCUT2D eigenvalue weighted by Gasteiger charge is -2.34. The van der Waals surface area contributed by atoms with Gasteiger partial charge in [-0.1, -0.05) is 11.6 Å². The predicted molar refractivity (Wildman–Crippen MR) is 109 cm³/mol. The molecule has 6 heteroatoms. The van der Waals surface area contributed by atoms with Gasteiger partial charge in [-0.15, -0.1) is 0 Å². The van der Waals surface area contributed by atoms with Crippen molar-refractivity contribution in [3.63, 3.8) is 0 Å². The molecule has 1 heterocycles. The molecule has 2 aromatic rings. The Balaban J connectivity index is 1.43. The van der Waals surface area contributed by atoms with E-state index < -0.39 is 0 Å². The number of amides is 1. The van der Waals surface area contributed by atoms with Crippen LogP contribution in [-0.4, -0.2) is 50.6 Å². The summed E-state index contributed by atoms with van der Waals surface area (Å²) in [6.45, 7) is 4.82. The van der Waals surface area contributed by atoms with E-state index >= 15 is 0 Å². The van der Waals surface area contributed by atoms with Gasteiger partial charge < -0.3 is 20.4 Å². The van der Waals surface area contributed by atoms with E-state index in [1.165, 1.54) is 5.69 Å². The Morgan fingerprint density at radius 1 is 0.962 bits per heavy atom. The summed E-state index contributed by atoms with van der Waals surface area (Å²) in [6, 6.07) is 15.5. The maximum Gasteiger partial charge on any atom is 0.226 e. The van der Waals surface area contributed by atoms with Crippen LogP contribution in [-0.2, 0) is 4.79 Å². The Labute approximate surface area is 159 Å². The zero-order valence-electron chi connectivity index (χ0n) is 15.0. The average molecular weight is 373 g/mol. The monoisotopic (exact) mass is 372 g/mol. The van der Waals surface area contributed by atoms with Crippen LogP contribution in [0.5, 0.6) is 0 Å². The van der Waals surface area contributed by atoms with E-state index in [0.717, 1.165) is 37.6 Å². The van der Waals surface area contributed by atoms with Crippen molar-refractivity contribution in [2.45, 2.75) is 6.42 Å². The zero-order valence-corrected chi connectivity index (χ0v) is 15.8. The van der Waals surface area contributed by atoms with Gasteiger partial charge >= 0.3 is 0 Å². The summed E-state index contributed by atoms with van der Waals surface area (Å²) in [4.78, 5) is 16.8. The molecular weight excluding hydrogens is 348 g/mol. The van der Waals surface area contributed by atoms with Crippen LogP contribution >= 0.6 is 11.6 Å². The molecule has 1 fully saturated rings. The normalized spacial score (nSPS) is 14.9. The van der Waals surface area contributed by atoms with Crippen LogP contribution < -0.4 is 15.5 Å². The highest BCUT2D eigenvalue weighted by atomic mass is 35.5. The van der Waals surface area contributed by atoms with Gasteiger partial charge in [0.2, 0.25) is 5.91 Å². The number of benzene rings is 2. The Morgan fingerprint density at radius 2 is 1.58 bits per heavy atom. The van der Waals surface area contributed by atoms with Crippen LogP contribution in [0, 0.1) is 0 Å². The van der Waals surface area contributed by atoms with Crippen molar-refractivity contribution in [2.75, 3.05) is 55.3 Å². The molecule has 0 saturated carbocycles. The number of nitrogens with one attached hydrogen (secondary N) is 2. The van der Waals surface area contributed by atoms with Crippen molar-refractivity contribution in [1.82, 2.24) is 4.90 Å². The number of hydrogen-bond donors (Lipinski definition) is 2. The van der Waals surface area contributed by atoms with Crippen molar-refractivity contribution < 1.29 is 4.79 Å². The first-order chi connectivity index (χ1) is 12.6. The highest BCUT2D eigenvalue weighted by Gasteiger charge is 2.14. The second-order valence-electron chi connectivity index (χ2n) is 6.57. The van der Waals surface area contributed by atoms with Gasteiger partial charge in [0.15, 0.2) is 0 Å². The van der Waals surface area contributed by atoms with Crippen LogP contribution in [0.2, 0.25) is 5.02 Å². The minimum Gasteiger partial charge on any atom is -0.385 e. The summed E-state index contributed by atoms with van der Waals surface area (Å²) in [5.74, 6) is -0.00110. The molecule has 1 aliphatic heterocycles. The fraction of sp³-hybridized carbons (Fsp3) is 0.350. The number of carbonyl (C=O) groups is 1. The first-order valence-corrected chi connectivity index (χ1v) is 9.31. The molecule has 0 spiro atoms. The summed E-state index contributed by atoms with van der Waals surface area (Å²) >= 11 is 5.86. The fourth-order valence-corrected chi connectivity index (χ4v) is 3.06. The molecule has 2 N–H and O–H groups in total. The molecule has 0 unspecified atom stereocenters. The second kappa shape index (κ2) is 8.92.